The number of anilines is 1. The van der Waals surface area contributed by atoms with Crippen LogP contribution in [-0.2, 0) is 3.37 Å². The van der Waals surface area contributed by atoms with Gasteiger partial charge in [0, 0.05) is 0 Å². The Morgan fingerprint density at radius 2 is 1.52 bits per heavy atom. The van der Waals surface area contributed by atoms with Crippen LogP contribution in [0.4, 0.5) is 5.69 Å². The summed E-state index contributed by atoms with van der Waals surface area (Å²) >= 11 is -2.51. The van der Waals surface area contributed by atoms with E-state index in [1.54, 1.807) is 0 Å². The van der Waals surface area contributed by atoms with Gasteiger partial charge in [0.05, 0.1) is 0 Å². The summed E-state index contributed by atoms with van der Waals surface area (Å²) in [5.41, 5.74) is 2.89. The molecule has 1 heterocycles. The van der Waals surface area contributed by atoms with Crippen molar-refractivity contribution in [2.24, 2.45) is 0 Å². The first-order chi connectivity index (χ1) is 13.9. The molecule has 4 rings (SSSR count). The zero-order valence-corrected chi connectivity index (χ0v) is 18.0. The zero-order chi connectivity index (χ0) is 20.4. The Morgan fingerprint density at radius 1 is 0.862 bits per heavy atom. The van der Waals surface area contributed by atoms with Crippen molar-refractivity contribution in [2.75, 3.05) is 11.9 Å². The predicted octanol–water partition coefficient (Wildman–Crippen LogP) is -0.506. The van der Waals surface area contributed by atoms with Gasteiger partial charge in [-0.05, 0) is 0 Å². The number of hydrogen-bond acceptors (Lipinski definition) is 5. The van der Waals surface area contributed by atoms with Gasteiger partial charge in [0.25, 0.3) is 0 Å². The van der Waals surface area contributed by atoms with E-state index < -0.39 is 24.0 Å². The summed E-state index contributed by atoms with van der Waals surface area (Å²) in [6.07, 6.45) is 3.98. The van der Waals surface area contributed by atoms with Crippen molar-refractivity contribution in [3.8, 4) is 0 Å². The van der Waals surface area contributed by atoms with Crippen LogP contribution < -0.4 is 28.6 Å². The van der Waals surface area contributed by atoms with E-state index in [9.17, 15) is 14.0 Å². The van der Waals surface area contributed by atoms with E-state index in [1.807, 2.05) is 103 Å². The Hall–Kier alpha value is -2.28. The first-order valence-corrected chi connectivity index (χ1v) is 12.5. The van der Waals surface area contributed by atoms with Crippen molar-refractivity contribution in [3.05, 3.63) is 106 Å². The molecule has 0 radical (unpaired) electrons. The number of hydrogen-bond donors (Lipinski definition) is 0. The summed E-state index contributed by atoms with van der Waals surface area (Å²) < 4.78 is 40.7. The molecule has 3 aromatic rings. The molecule has 1 unspecified atom stereocenters. The first kappa shape index (κ1) is 20.0. The second kappa shape index (κ2) is 8.22. The summed E-state index contributed by atoms with van der Waals surface area (Å²) in [4.78, 5) is 2.01. The van der Waals surface area contributed by atoms with Crippen LogP contribution in [0.1, 0.15) is 5.56 Å². The molecule has 0 saturated carbocycles. The quantitative estimate of drug-likeness (QED) is 0.466. The predicted molar refractivity (Wildman–Crippen MR) is 104 cm³/mol. The number of fused-ring (bicyclic) bond motifs is 2. The van der Waals surface area contributed by atoms with Gasteiger partial charge < -0.3 is 0 Å². The number of nitrogens with zero attached hydrogens (tertiary/aromatic N) is 1. The molecule has 1 aliphatic rings. The van der Waals surface area contributed by atoms with Crippen molar-refractivity contribution in [1.82, 2.24) is 0 Å². The monoisotopic (exact) mass is 475 g/mol. The van der Waals surface area contributed by atoms with Gasteiger partial charge in [-0.15, -0.1) is 0 Å². The molecule has 0 aliphatic carbocycles. The Balaban J connectivity index is 1.91. The van der Waals surface area contributed by atoms with Crippen LogP contribution in [-0.4, -0.2) is 20.8 Å². The van der Waals surface area contributed by atoms with Crippen molar-refractivity contribution >= 4 is 29.5 Å². The fourth-order valence-corrected chi connectivity index (χ4v) is 8.27. The summed E-state index contributed by atoms with van der Waals surface area (Å²) in [7, 11) is -2.55. The Kier molecular flexibility index (Phi) is 5.67. The third-order valence-electron chi connectivity index (χ3n) is 4.52. The number of rotatable bonds is 5. The van der Waals surface area contributed by atoms with Crippen molar-refractivity contribution < 1.29 is 27.6 Å². The van der Waals surface area contributed by atoms with Crippen LogP contribution in [0.15, 0.2) is 91.1 Å². The molecule has 5 nitrogen and oxygen atoms in total. The van der Waals surface area contributed by atoms with E-state index in [0.29, 0.717) is 0 Å². The van der Waals surface area contributed by atoms with Crippen LogP contribution in [0.2, 0.25) is 0 Å². The molecule has 148 valence electrons. The van der Waals surface area contributed by atoms with E-state index in [0.717, 1.165) is 30.6 Å². The maximum atomic E-state index is 11.4. The first-order valence-electron chi connectivity index (χ1n) is 8.81. The van der Waals surface area contributed by atoms with Crippen LogP contribution >= 0.6 is 0 Å². The molecule has 0 fully saturated rings. The average Bonchev–Trinajstić information content (AvgIpc) is 2.73. The van der Waals surface area contributed by atoms with E-state index >= 15 is 0 Å². The van der Waals surface area contributed by atoms with Gasteiger partial charge in [-0.1, -0.05) is 0 Å². The minimum absolute atomic E-state index is 0.764. The Labute approximate surface area is 174 Å². The van der Waals surface area contributed by atoms with Crippen LogP contribution in [0.5, 0.6) is 0 Å². The number of halogens is 1. The Bertz CT molecular complexity index is 1190. The average molecular weight is 475 g/mol. The van der Waals surface area contributed by atoms with Crippen molar-refractivity contribution in [1.29, 1.82) is 0 Å². The minimum atomic E-state index is -4.52. The van der Waals surface area contributed by atoms with Crippen LogP contribution in [0.3, 0.4) is 0 Å². The van der Waals surface area contributed by atoms with E-state index in [2.05, 4.69) is 0 Å². The molecule has 0 spiro atoms. The third-order valence-corrected chi connectivity index (χ3v) is 9.74. The zero-order valence-electron chi connectivity index (χ0n) is 15.5. The Morgan fingerprint density at radius 3 is 2.28 bits per heavy atom. The maximum absolute atomic E-state index is 11.4. The van der Waals surface area contributed by atoms with Crippen molar-refractivity contribution in [2.45, 2.75) is 0 Å². The molecule has 7 heteroatoms. The van der Waals surface area contributed by atoms with Gasteiger partial charge in [0.15, 0.2) is 0 Å². The SMILES string of the molecule is CN(/C=C/C1=c2ccccc2=[Se](O[Cl+3]([O-])([O-])[O-])c2ccccc21)c1ccccc1. The molecule has 0 N–H and O–H groups in total. The van der Waals surface area contributed by atoms with Crippen LogP contribution in [0, 0.1) is 14.3 Å². The van der Waals surface area contributed by atoms with E-state index in [1.165, 1.54) is 0 Å². The summed E-state index contributed by atoms with van der Waals surface area (Å²) in [6, 6.07) is 25.0. The number of allylic oxidation sites excluding steroid dienone is 1. The number of benzene rings is 3. The van der Waals surface area contributed by atoms with Gasteiger partial charge in [-0.2, -0.15) is 0 Å². The molecule has 0 amide bonds. The molecular weight excluding hydrogens is 457 g/mol. The molecule has 0 aromatic heterocycles. The van der Waals surface area contributed by atoms with Gasteiger partial charge in [0.2, 0.25) is 0 Å². The van der Waals surface area contributed by atoms with Crippen LogP contribution in [0.25, 0.3) is 5.57 Å². The topological polar surface area (TPSA) is 81.7 Å². The fraction of sp³-hybridized carbons (Fsp3) is 0.0455. The fourth-order valence-electron chi connectivity index (χ4n) is 3.23. The van der Waals surface area contributed by atoms with Gasteiger partial charge in [-0.25, -0.2) is 0 Å². The van der Waals surface area contributed by atoms with E-state index in [-0.39, 0.29) is 0 Å². The number of para-hydroxylation sites is 1. The van der Waals surface area contributed by atoms with Gasteiger partial charge >= 0.3 is 175 Å². The molecular formula is C22H18ClNO4Se. The normalized spacial score (nSPS) is 15.9. The summed E-state index contributed by atoms with van der Waals surface area (Å²) in [6.45, 7) is 0. The standard InChI is InChI=1S/C22H18ClNO4Se/c1-24(17-9-3-2-4-10-17)16-15-18-19-11-5-7-13-21(19)29(28-23(25,26)27)22-14-8-6-12-20(18)22/h2-16H,1H3/b16-15+. The second-order valence-electron chi connectivity index (χ2n) is 6.38. The molecule has 29 heavy (non-hydrogen) atoms. The summed E-state index contributed by atoms with van der Waals surface area (Å²) in [5, 5.41) is 0.882. The van der Waals surface area contributed by atoms with Gasteiger partial charge in [-0.3, -0.25) is 0 Å². The van der Waals surface area contributed by atoms with Crippen molar-refractivity contribution in [3.63, 3.8) is 0 Å². The van der Waals surface area contributed by atoms with Gasteiger partial charge in [0.1, 0.15) is 0 Å². The molecule has 0 bridgehead atoms. The molecule has 1 atom stereocenters. The third kappa shape index (κ3) is 4.34. The summed E-state index contributed by atoms with van der Waals surface area (Å²) in [5.74, 6) is 0. The second-order valence-corrected chi connectivity index (χ2v) is 11.0. The molecule has 3 aromatic carbocycles. The molecule has 0 saturated heterocycles. The van der Waals surface area contributed by atoms with E-state index in [4.69, 9.17) is 3.37 Å². The molecule has 1 aliphatic heterocycles.